The third kappa shape index (κ3) is 3.67. The van der Waals surface area contributed by atoms with E-state index in [4.69, 9.17) is 5.21 Å². The number of hydrogen-bond acceptors (Lipinski definition) is 3. The number of nitrogens with one attached hydrogen (secondary N) is 2. The van der Waals surface area contributed by atoms with Crippen LogP contribution in [0.25, 0.3) is 10.8 Å². The molecule has 5 nitrogen and oxygen atoms in total. The van der Waals surface area contributed by atoms with Crippen molar-refractivity contribution in [2.45, 2.75) is 13.0 Å². The second-order valence-electron chi connectivity index (χ2n) is 5.82. The Hall–Kier alpha value is -3.18. The van der Waals surface area contributed by atoms with Crippen molar-refractivity contribution >= 4 is 22.6 Å². The van der Waals surface area contributed by atoms with E-state index in [0.29, 0.717) is 11.1 Å². The summed E-state index contributed by atoms with van der Waals surface area (Å²) in [6, 6.07) is 20.0. The van der Waals surface area contributed by atoms with Crippen LogP contribution in [0.4, 0.5) is 0 Å². The van der Waals surface area contributed by atoms with Gasteiger partial charge in [-0.25, -0.2) is 5.48 Å². The second kappa shape index (κ2) is 7.15. The van der Waals surface area contributed by atoms with Gasteiger partial charge in [-0.15, -0.1) is 0 Å². The van der Waals surface area contributed by atoms with Gasteiger partial charge < -0.3 is 5.32 Å². The van der Waals surface area contributed by atoms with Crippen LogP contribution in [0.2, 0.25) is 0 Å². The van der Waals surface area contributed by atoms with Crippen molar-refractivity contribution in [3.05, 3.63) is 83.4 Å². The monoisotopic (exact) mass is 334 g/mol. The molecule has 5 heteroatoms. The summed E-state index contributed by atoms with van der Waals surface area (Å²) in [7, 11) is 0. The van der Waals surface area contributed by atoms with E-state index in [1.165, 1.54) is 0 Å². The van der Waals surface area contributed by atoms with Crippen molar-refractivity contribution in [2.24, 2.45) is 0 Å². The second-order valence-corrected chi connectivity index (χ2v) is 5.82. The number of amides is 2. The molecule has 3 aromatic carbocycles. The van der Waals surface area contributed by atoms with E-state index < -0.39 is 5.91 Å². The lowest BCUT2D eigenvalue weighted by atomic mass is 10.0. The number of hydroxylamine groups is 1. The summed E-state index contributed by atoms with van der Waals surface area (Å²) in [5.74, 6) is -0.726. The lowest BCUT2D eigenvalue weighted by Gasteiger charge is -2.14. The SMILES string of the molecule is CC(NC(=O)c1ccc2cc(C(=O)NO)ccc2c1)c1ccccc1. The summed E-state index contributed by atoms with van der Waals surface area (Å²) in [4.78, 5) is 23.9. The highest BCUT2D eigenvalue weighted by molar-refractivity contribution is 6.01. The molecule has 126 valence electrons. The third-order valence-corrected chi connectivity index (χ3v) is 4.11. The largest absolute Gasteiger partial charge is 0.346 e. The zero-order valence-corrected chi connectivity index (χ0v) is 13.7. The molecule has 0 saturated carbocycles. The summed E-state index contributed by atoms with van der Waals surface area (Å²) in [5.41, 5.74) is 3.55. The topological polar surface area (TPSA) is 78.4 Å². The Labute approximate surface area is 145 Å². The molecule has 1 atom stereocenters. The number of hydrogen-bond donors (Lipinski definition) is 3. The quantitative estimate of drug-likeness (QED) is 0.505. The highest BCUT2D eigenvalue weighted by Crippen LogP contribution is 2.19. The van der Waals surface area contributed by atoms with Crippen LogP contribution in [-0.2, 0) is 0 Å². The van der Waals surface area contributed by atoms with Gasteiger partial charge in [-0.1, -0.05) is 42.5 Å². The fourth-order valence-electron chi connectivity index (χ4n) is 2.70. The average Bonchev–Trinajstić information content (AvgIpc) is 2.67. The molecule has 3 aromatic rings. The van der Waals surface area contributed by atoms with Crippen LogP contribution in [-0.4, -0.2) is 17.0 Å². The molecule has 1 unspecified atom stereocenters. The first-order valence-electron chi connectivity index (χ1n) is 7.92. The van der Waals surface area contributed by atoms with Crippen LogP contribution in [0.3, 0.4) is 0 Å². The zero-order chi connectivity index (χ0) is 17.8. The van der Waals surface area contributed by atoms with Gasteiger partial charge in [0.1, 0.15) is 0 Å². The Bertz CT molecular complexity index is 923. The Kier molecular flexibility index (Phi) is 4.77. The molecule has 0 aliphatic heterocycles. The molecule has 3 N–H and O–H groups in total. The van der Waals surface area contributed by atoms with E-state index in [0.717, 1.165) is 16.3 Å². The molecule has 0 fully saturated rings. The number of benzene rings is 3. The highest BCUT2D eigenvalue weighted by Gasteiger charge is 2.12. The van der Waals surface area contributed by atoms with Gasteiger partial charge in [0.05, 0.1) is 6.04 Å². The summed E-state index contributed by atoms with van der Waals surface area (Å²) in [6.07, 6.45) is 0. The smallest absolute Gasteiger partial charge is 0.274 e. The minimum atomic E-state index is -0.569. The highest BCUT2D eigenvalue weighted by atomic mass is 16.5. The maximum atomic E-state index is 12.5. The zero-order valence-electron chi connectivity index (χ0n) is 13.7. The molecule has 0 aliphatic carbocycles. The van der Waals surface area contributed by atoms with Gasteiger partial charge in [-0.3, -0.25) is 14.8 Å². The summed E-state index contributed by atoms with van der Waals surface area (Å²) in [6.45, 7) is 1.94. The third-order valence-electron chi connectivity index (χ3n) is 4.11. The predicted molar refractivity (Wildman–Crippen MR) is 95.5 cm³/mol. The van der Waals surface area contributed by atoms with E-state index in [2.05, 4.69) is 5.32 Å². The molecule has 2 amide bonds. The van der Waals surface area contributed by atoms with Crippen molar-refractivity contribution in [1.29, 1.82) is 0 Å². The van der Waals surface area contributed by atoms with Crippen LogP contribution in [0.5, 0.6) is 0 Å². The van der Waals surface area contributed by atoms with Gasteiger partial charge in [0.15, 0.2) is 0 Å². The fourth-order valence-corrected chi connectivity index (χ4v) is 2.70. The van der Waals surface area contributed by atoms with Gasteiger partial charge in [0, 0.05) is 11.1 Å². The Balaban J connectivity index is 1.81. The minimum Gasteiger partial charge on any atom is -0.346 e. The van der Waals surface area contributed by atoms with Crippen LogP contribution < -0.4 is 10.8 Å². The molecule has 0 aromatic heterocycles. The maximum absolute atomic E-state index is 12.5. The van der Waals surface area contributed by atoms with Crippen molar-refractivity contribution in [2.75, 3.05) is 0 Å². The number of carbonyl (C=O) groups is 2. The molecule has 25 heavy (non-hydrogen) atoms. The van der Waals surface area contributed by atoms with E-state index in [1.54, 1.807) is 41.9 Å². The first-order chi connectivity index (χ1) is 12.1. The maximum Gasteiger partial charge on any atom is 0.274 e. The Morgan fingerprint density at radius 2 is 1.40 bits per heavy atom. The molecule has 0 spiro atoms. The first-order valence-corrected chi connectivity index (χ1v) is 7.92. The van der Waals surface area contributed by atoms with Crippen molar-refractivity contribution < 1.29 is 14.8 Å². The summed E-state index contributed by atoms with van der Waals surface area (Å²) >= 11 is 0. The van der Waals surface area contributed by atoms with Gasteiger partial charge >= 0.3 is 0 Å². The van der Waals surface area contributed by atoms with Crippen LogP contribution in [0.15, 0.2) is 66.7 Å². The molecular formula is C20H18N2O3. The molecular weight excluding hydrogens is 316 g/mol. The molecule has 3 rings (SSSR count). The van der Waals surface area contributed by atoms with Crippen LogP contribution in [0.1, 0.15) is 39.2 Å². The van der Waals surface area contributed by atoms with Crippen molar-refractivity contribution in [3.8, 4) is 0 Å². The number of fused-ring (bicyclic) bond motifs is 1. The van der Waals surface area contributed by atoms with Crippen molar-refractivity contribution in [3.63, 3.8) is 0 Å². The first kappa shape index (κ1) is 16.7. The molecule has 0 saturated heterocycles. The van der Waals surface area contributed by atoms with Gasteiger partial charge in [-0.2, -0.15) is 0 Å². The number of carbonyl (C=O) groups excluding carboxylic acids is 2. The molecule has 0 radical (unpaired) electrons. The lowest BCUT2D eigenvalue weighted by Crippen LogP contribution is -2.26. The predicted octanol–water partition coefficient (Wildman–Crippen LogP) is 3.45. The van der Waals surface area contributed by atoms with Gasteiger partial charge in [0.25, 0.3) is 11.8 Å². The van der Waals surface area contributed by atoms with Gasteiger partial charge in [-0.05, 0) is 47.5 Å². The average molecular weight is 334 g/mol. The Morgan fingerprint density at radius 3 is 1.96 bits per heavy atom. The van der Waals surface area contributed by atoms with Crippen LogP contribution >= 0.6 is 0 Å². The normalized spacial score (nSPS) is 11.8. The van der Waals surface area contributed by atoms with Crippen LogP contribution in [0, 0.1) is 0 Å². The van der Waals surface area contributed by atoms with Gasteiger partial charge in [0.2, 0.25) is 0 Å². The summed E-state index contributed by atoms with van der Waals surface area (Å²) < 4.78 is 0. The van der Waals surface area contributed by atoms with Crippen molar-refractivity contribution in [1.82, 2.24) is 10.8 Å². The Morgan fingerprint density at radius 1 is 0.840 bits per heavy atom. The number of rotatable bonds is 4. The van der Waals surface area contributed by atoms with E-state index >= 15 is 0 Å². The van der Waals surface area contributed by atoms with E-state index in [1.807, 2.05) is 37.3 Å². The molecule has 0 heterocycles. The van der Waals surface area contributed by atoms with E-state index in [9.17, 15) is 9.59 Å². The fraction of sp³-hybridized carbons (Fsp3) is 0.100. The summed E-state index contributed by atoms with van der Waals surface area (Å²) in [5, 5.41) is 13.3. The molecule has 0 aliphatic rings. The lowest BCUT2D eigenvalue weighted by molar-refractivity contribution is 0.0706. The standard InChI is InChI=1S/C20H18N2O3/c1-13(14-5-3-2-4-6-14)21-19(23)17-9-7-16-12-18(20(24)22-25)10-8-15(16)11-17/h2-13,25H,1H3,(H,21,23)(H,22,24). The molecule has 0 bridgehead atoms. The minimum absolute atomic E-state index is 0.0972. The van der Waals surface area contributed by atoms with E-state index in [-0.39, 0.29) is 11.9 Å².